The maximum Gasteiger partial charge on any atom is 0.229 e. The van der Waals surface area contributed by atoms with Crippen molar-refractivity contribution < 1.29 is 8.42 Å². The molecule has 0 aliphatic rings. The van der Waals surface area contributed by atoms with E-state index >= 15 is 0 Å². The van der Waals surface area contributed by atoms with E-state index in [0.717, 1.165) is 16.6 Å². The van der Waals surface area contributed by atoms with Gasteiger partial charge in [0, 0.05) is 11.1 Å². The van der Waals surface area contributed by atoms with Gasteiger partial charge in [-0.2, -0.15) is 4.52 Å². The second-order valence-electron chi connectivity index (χ2n) is 7.37. The van der Waals surface area contributed by atoms with Gasteiger partial charge in [0.1, 0.15) is 5.82 Å². The van der Waals surface area contributed by atoms with Crippen LogP contribution in [0, 0.1) is 13.8 Å². The van der Waals surface area contributed by atoms with Gasteiger partial charge in [0.2, 0.25) is 14.9 Å². The maximum absolute atomic E-state index is 13.5. The Bertz CT molecular complexity index is 1540. The average molecular weight is 430 g/mol. The van der Waals surface area contributed by atoms with Crippen molar-refractivity contribution in [1.29, 1.82) is 0 Å². The number of sulfone groups is 1. The molecular weight excluding hydrogens is 410 g/mol. The lowest BCUT2D eigenvalue weighted by atomic mass is 10.2. The molecule has 0 bridgehead atoms. The predicted molar refractivity (Wildman–Crippen MR) is 119 cm³/mol. The zero-order chi connectivity index (χ0) is 21.6. The van der Waals surface area contributed by atoms with Gasteiger partial charge in [0.05, 0.1) is 10.4 Å². The van der Waals surface area contributed by atoms with Crippen LogP contribution in [0.4, 0.5) is 11.5 Å². The van der Waals surface area contributed by atoms with Crippen LogP contribution in [-0.4, -0.2) is 28.2 Å². The summed E-state index contributed by atoms with van der Waals surface area (Å²) < 4.78 is 28.5. The van der Waals surface area contributed by atoms with Crippen LogP contribution in [0.15, 0.2) is 82.7 Å². The van der Waals surface area contributed by atoms with Crippen molar-refractivity contribution >= 4 is 37.9 Å². The van der Waals surface area contributed by atoms with Crippen LogP contribution in [0.25, 0.3) is 16.6 Å². The number of anilines is 2. The number of aromatic nitrogens is 4. The van der Waals surface area contributed by atoms with E-state index in [-0.39, 0.29) is 15.6 Å². The topological polar surface area (TPSA) is 89.2 Å². The van der Waals surface area contributed by atoms with Gasteiger partial charge in [0.25, 0.3) is 0 Å². The third kappa shape index (κ3) is 3.21. The van der Waals surface area contributed by atoms with Gasteiger partial charge in [-0.3, -0.25) is 0 Å². The maximum atomic E-state index is 13.5. The third-order valence-corrected chi connectivity index (χ3v) is 6.94. The molecule has 5 aromatic rings. The zero-order valence-corrected chi connectivity index (χ0v) is 17.8. The number of nitrogens with one attached hydrogen (secondary N) is 1. The molecule has 0 unspecified atom stereocenters. The highest BCUT2D eigenvalue weighted by atomic mass is 32.2. The molecule has 0 saturated heterocycles. The number of rotatable bonds is 4. The summed E-state index contributed by atoms with van der Waals surface area (Å²) in [6.07, 6.45) is 0. The normalized spacial score (nSPS) is 11.8. The molecule has 8 heteroatoms. The van der Waals surface area contributed by atoms with E-state index in [1.165, 1.54) is 4.52 Å². The summed E-state index contributed by atoms with van der Waals surface area (Å²) in [4.78, 5) is 4.86. The molecule has 0 atom stereocenters. The molecule has 0 aliphatic carbocycles. The van der Waals surface area contributed by atoms with Crippen molar-refractivity contribution in [1.82, 2.24) is 19.8 Å². The number of para-hydroxylation sites is 2. The van der Waals surface area contributed by atoms with E-state index in [4.69, 9.17) is 0 Å². The summed E-state index contributed by atoms with van der Waals surface area (Å²) in [6.45, 7) is 3.62. The fraction of sp³-hybridized carbons (Fsp3) is 0.0870. The lowest BCUT2D eigenvalue weighted by Crippen LogP contribution is -2.07. The average Bonchev–Trinajstić information content (AvgIpc) is 3.21. The zero-order valence-electron chi connectivity index (χ0n) is 16.9. The van der Waals surface area contributed by atoms with Gasteiger partial charge in [-0.25, -0.2) is 13.4 Å². The minimum Gasteiger partial charge on any atom is -0.340 e. The molecule has 0 radical (unpaired) electrons. The Morgan fingerprint density at radius 2 is 1.65 bits per heavy atom. The highest BCUT2D eigenvalue weighted by molar-refractivity contribution is 7.91. The molecule has 0 spiro atoms. The van der Waals surface area contributed by atoms with Crippen molar-refractivity contribution in [2.75, 3.05) is 5.32 Å². The molecular formula is C23H19N5O2S. The van der Waals surface area contributed by atoms with Gasteiger partial charge < -0.3 is 5.32 Å². The van der Waals surface area contributed by atoms with Gasteiger partial charge in [0.15, 0.2) is 5.65 Å². The van der Waals surface area contributed by atoms with E-state index in [2.05, 4.69) is 20.6 Å². The van der Waals surface area contributed by atoms with Gasteiger partial charge >= 0.3 is 0 Å². The minimum absolute atomic E-state index is 0.164. The highest BCUT2D eigenvalue weighted by Crippen LogP contribution is 2.30. The third-order valence-electron chi connectivity index (χ3n) is 5.15. The molecule has 5 rings (SSSR count). The Hall–Kier alpha value is -3.78. The number of benzene rings is 3. The predicted octanol–water partition coefficient (Wildman–Crippen LogP) is 4.47. The van der Waals surface area contributed by atoms with E-state index < -0.39 is 9.84 Å². The Kier molecular flexibility index (Phi) is 4.44. The van der Waals surface area contributed by atoms with Gasteiger partial charge in [-0.05, 0) is 55.3 Å². The monoisotopic (exact) mass is 429 g/mol. The van der Waals surface area contributed by atoms with Crippen LogP contribution in [0.1, 0.15) is 11.1 Å². The first-order valence-electron chi connectivity index (χ1n) is 9.74. The first kappa shape index (κ1) is 19.2. The molecule has 1 N–H and O–H groups in total. The SMILES string of the molecule is Cc1ccc(C)c(S(=O)(=O)c2nnn3c2nc(Nc2ccccc2)c2ccccc23)c1. The van der Waals surface area contributed by atoms with E-state index in [1.54, 1.807) is 19.1 Å². The second-order valence-corrected chi connectivity index (χ2v) is 9.20. The summed E-state index contributed by atoms with van der Waals surface area (Å²) in [6, 6.07) is 22.5. The summed E-state index contributed by atoms with van der Waals surface area (Å²) in [5.41, 5.74) is 3.23. The quantitative estimate of drug-likeness (QED) is 0.453. The first-order valence-corrected chi connectivity index (χ1v) is 11.2. The van der Waals surface area contributed by atoms with Crippen molar-refractivity contribution in [3.05, 3.63) is 83.9 Å². The summed E-state index contributed by atoms with van der Waals surface area (Å²) in [5, 5.41) is 12.1. The number of nitrogens with zero attached hydrogens (tertiary/aromatic N) is 4. The van der Waals surface area contributed by atoms with Crippen molar-refractivity contribution in [2.24, 2.45) is 0 Å². The van der Waals surface area contributed by atoms with Crippen LogP contribution >= 0.6 is 0 Å². The molecule has 2 heterocycles. The van der Waals surface area contributed by atoms with E-state index in [9.17, 15) is 8.42 Å². The molecule has 2 aromatic heterocycles. The van der Waals surface area contributed by atoms with Crippen LogP contribution in [-0.2, 0) is 9.84 Å². The Morgan fingerprint density at radius 3 is 2.45 bits per heavy atom. The summed E-state index contributed by atoms with van der Waals surface area (Å²) in [7, 11) is -3.92. The Labute approximate surface area is 179 Å². The van der Waals surface area contributed by atoms with Crippen molar-refractivity contribution in [3.8, 4) is 0 Å². The largest absolute Gasteiger partial charge is 0.340 e. The van der Waals surface area contributed by atoms with Crippen molar-refractivity contribution in [2.45, 2.75) is 23.8 Å². The molecule has 3 aromatic carbocycles. The number of fused-ring (bicyclic) bond motifs is 3. The van der Waals surface area contributed by atoms with E-state index in [1.807, 2.05) is 67.6 Å². The molecule has 0 fully saturated rings. The molecule has 0 amide bonds. The molecule has 154 valence electrons. The molecule has 0 saturated carbocycles. The lowest BCUT2D eigenvalue weighted by Gasteiger charge is -2.11. The fourth-order valence-electron chi connectivity index (χ4n) is 3.57. The summed E-state index contributed by atoms with van der Waals surface area (Å²) >= 11 is 0. The first-order chi connectivity index (χ1) is 14.9. The van der Waals surface area contributed by atoms with Gasteiger partial charge in [-0.1, -0.05) is 47.7 Å². The fourth-order valence-corrected chi connectivity index (χ4v) is 5.13. The summed E-state index contributed by atoms with van der Waals surface area (Å²) in [5.74, 6) is 0.536. The van der Waals surface area contributed by atoms with Crippen molar-refractivity contribution in [3.63, 3.8) is 0 Å². The number of hydrogen-bond donors (Lipinski definition) is 1. The number of aryl methyl sites for hydroxylation is 2. The number of hydrogen-bond acceptors (Lipinski definition) is 6. The lowest BCUT2D eigenvalue weighted by molar-refractivity contribution is 0.592. The Morgan fingerprint density at radius 1 is 0.903 bits per heavy atom. The van der Waals surface area contributed by atoms with Crippen LogP contribution < -0.4 is 5.32 Å². The minimum atomic E-state index is -3.92. The van der Waals surface area contributed by atoms with Crippen LogP contribution in [0.5, 0.6) is 0 Å². The van der Waals surface area contributed by atoms with E-state index in [0.29, 0.717) is 16.9 Å². The van der Waals surface area contributed by atoms with Gasteiger partial charge in [-0.15, -0.1) is 5.10 Å². The Balaban J connectivity index is 1.77. The van der Waals surface area contributed by atoms with Crippen LogP contribution in [0.3, 0.4) is 0 Å². The molecule has 7 nitrogen and oxygen atoms in total. The second kappa shape index (κ2) is 7.17. The molecule has 0 aliphatic heterocycles. The standard InChI is InChI=1S/C23H19N5O2S/c1-15-12-13-16(2)20(14-15)31(29,30)23-22-25-21(24-17-8-4-3-5-9-17)18-10-6-7-11-19(18)28(22)27-26-23/h3-14H,1-2H3,(H,24,25). The smallest absolute Gasteiger partial charge is 0.229 e. The molecule has 31 heavy (non-hydrogen) atoms. The highest BCUT2D eigenvalue weighted by Gasteiger charge is 2.28. The van der Waals surface area contributed by atoms with Crippen LogP contribution in [0.2, 0.25) is 0 Å².